The molecule has 0 saturated heterocycles. The van der Waals surface area contributed by atoms with E-state index in [2.05, 4.69) is 20.4 Å². The van der Waals surface area contributed by atoms with E-state index in [0.717, 1.165) is 32.1 Å². The van der Waals surface area contributed by atoms with E-state index in [0.29, 0.717) is 44.0 Å². The molecule has 0 saturated carbocycles. The van der Waals surface area contributed by atoms with Crippen molar-refractivity contribution in [2.45, 2.75) is 65.2 Å². The highest BCUT2D eigenvalue weighted by molar-refractivity contribution is 5.97. The zero-order valence-corrected chi connectivity index (χ0v) is 28.8. The zero-order valence-electron chi connectivity index (χ0n) is 28.8. The Balaban J connectivity index is 1.64. The van der Waals surface area contributed by atoms with Gasteiger partial charge in [-0.1, -0.05) is 39.3 Å². The Morgan fingerprint density at radius 2 is 1.08 bits per heavy atom. The Kier molecular flexibility index (Phi) is 17.5. The number of hydrogen-bond acceptors (Lipinski definition) is 11. The number of ether oxygens (including phenoxy) is 7. The molecular formula is C39H46O11. The fourth-order valence-corrected chi connectivity index (χ4v) is 4.31. The second-order valence-electron chi connectivity index (χ2n) is 11.1. The molecule has 11 heteroatoms. The summed E-state index contributed by atoms with van der Waals surface area (Å²) >= 11 is 0. The maximum absolute atomic E-state index is 13.2. The summed E-state index contributed by atoms with van der Waals surface area (Å²) in [5, 5.41) is 0. The fraction of sp³-hybridized carbons (Fsp3) is 0.385. The molecule has 268 valence electrons. The Labute approximate surface area is 293 Å². The molecule has 3 aromatic carbocycles. The molecule has 50 heavy (non-hydrogen) atoms. The molecule has 11 nitrogen and oxygen atoms in total. The first-order valence-electron chi connectivity index (χ1n) is 17.0. The molecule has 0 amide bonds. The van der Waals surface area contributed by atoms with E-state index in [1.807, 2.05) is 0 Å². The monoisotopic (exact) mass is 690 g/mol. The van der Waals surface area contributed by atoms with Gasteiger partial charge in [-0.2, -0.15) is 0 Å². The number of unbranched alkanes of at least 4 members (excludes halogenated alkanes) is 5. The Morgan fingerprint density at radius 1 is 0.560 bits per heavy atom. The van der Waals surface area contributed by atoms with Gasteiger partial charge >= 0.3 is 24.1 Å². The first kappa shape index (κ1) is 39.1. The van der Waals surface area contributed by atoms with Gasteiger partial charge in [0.1, 0.15) is 35.2 Å². The molecule has 0 N–H and O–H groups in total. The van der Waals surface area contributed by atoms with Gasteiger partial charge in [0.2, 0.25) is 0 Å². The predicted octanol–water partition coefficient (Wildman–Crippen LogP) is 8.54. The van der Waals surface area contributed by atoms with Gasteiger partial charge in [0, 0.05) is 0 Å². The lowest BCUT2D eigenvalue weighted by molar-refractivity contribution is 0.0483. The molecule has 0 aliphatic rings. The maximum atomic E-state index is 13.2. The predicted molar refractivity (Wildman–Crippen MR) is 186 cm³/mol. The van der Waals surface area contributed by atoms with Crippen LogP contribution in [0.3, 0.4) is 0 Å². The minimum atomic E-state index is -0.757. The van der Waals surface area contributed by atoms with Crippen LogP contribution in [-0.2, 0) is 14.2 Å². The van der Waals surface area contributed by atoms with E-state index in [1.54, 1.807) is 48.5 Å². The summed E-state index contributed by atoms with van der Waals surface area (Å²) in [6, 6.07) is 17.2. The lowest BCUT2D eigenvalue weighted by Crippen LogP contribution is -2.15. The molecule has 0 heterocycles. The largest absolute Gasteiger partial charge is 0.508 e. The second kappa shape index (κ2) is 22.3. The van der Waals surface area contributed by atoms with Crippen LogP contribution in [0, 0.1) is 0 Å². The van der Waals surface area contributed by atoms with Crippen molar-refractivity contribution in [2.75, 3.05) is 33.0 Å². The first-order valence-corrected chi connectivity index (χ1v) is 17.0. The van der Waals surface area contributed by atoms with Gasteiger partial charge in [0.15, 0.2) is 0 Å². The van der Waals surface area contributed by atoms with Crippen molar-refractivity contribution in [3.05, 3.63) is 96.1 Å². The van der Waals surface area contributed by atoms with Crippen molar-refractivity contribution in [2.24, 2.45) is 0 Å². The van der Waals surface area contributed by atoms with Crippen molar-refractivity contribution in [1.29, 1.82) is 0 Å². The van der Waals surface area contributed by atoms with E-state index in [4.69, 9.17) is 33.2 Å². The quantitative estimate of drug-likeness (QED) is 0.0435. The molecule has 3 rings (SSSR count). The van der Waals surface area contributed by atoms with E-state index >= 15 is 0 Å². The lowest BCUT2D eigenvalue weighted by Gasteiger charge is -2.13. The Hall–Kier alpha value is -5.32. The van der Waals surface area contributed by atoms with Gasteiger partial charge in [0.05, 0.1) is 37.6 Å². The summed E-state index contributed by atoms with van der Waals surface area (Å²) in [5.41, 5.74) is 0.450. The van der Waals surface area contributed by atoms with Crippen LogP contribution in [0.2, 0.25) is 0 Å². The molecule has 0 spiro atoms. The van der Waals surface area contributed by atoms with Crippen LogP contribution < -0.4 is 18.9 Å². The van der Waals surface area contributed by atoms with Crippen LogP contribution in [-0.4, -0.2) is 57.1 Å². The van der Waals surface area contributed by atoms with Crippen LogP contribution >= 0.6 is 0 Å². The number of rotatable bonds is 22. The summed E-state index contributed by atoms with van der Waals surface area (Å²) in [6.45, 7) is 9.14. The molecule has 0 aliphatic heterocycles. The number of carbonyl (C=O) groups excluding carboxylic acids is 4. The van der Waals surface area contributed by atoms with Crippen molar-refractivity contribution in [3.63, 3.8) is 0 Å². The highest BCUT2D eigenvalue weighted by atomic mass is 16.7. The van der Waals surface area contributed by atoms with Crippen LogP contribution in [0.25, 0.3) is 0 Å². The number of hydrogen-bond donors (Lipinski definition) is 0. The number of esters is 3. The molecule has 0 fully saturated rings. The summed E-state index contributed by atoms with van der Waals surface area (Å²) in [4.78, 5) is 50.6. The molecular weight excluding hydrogens is 644 g/mol. The highest BCUT2D eigenvalue weighted by Gasteiger charge is 2.21. The van der Waals surface area contributed by atoms with Gasteiger partial charge < -0.3 is 33.2 Å². The molecule has 0 radical (unpaired) electrons. The summed E-state index contributed by atoms with van der Waals surface area (Å²) in [7, 11) is 0. The van der Waals surface area contributed by atoms with Gasteiger partial charge in [-0.3, -0.25) is 0 Å². The van der Waals surface area contributed by atoms with Crippen LogP contribution in [0.4, 0.5) is 4.79 Å². The number of carbonyl (C=O) groups is 4. The average molecular weight is 691 g/mol. The normalized spacial score (nSPS) is 10.4. The minimum absolute atomic E-state index is 0.0582. The van der Waals surface area contributed by atoms with Crippen LogP contribution in [0.1, 0.15) is 96.3 Å². The van der Waals surface area contributed by atoms with Gasteiger partial charge in [-0.05, 0) is 105 Å². The summed E-state index contributed by atoms with van der Waals surface area (Å²) in [6.07, 6.45) is 7.15. The topological polar surface area (TPSA) is 133 Å². The van der Waals surface area contributed by atoms with Crippen LogP contribution in [0.5, 0.6) is 23.0 Å². The van der Waals surface area contributed by atoms with Crippen molar-refractivity contribution in [1.82, 2.24) is 0 Å². The molecule has 0 aliphatic carbocycles. The summed E-state index contributed by atoms with van der Waals surface area (Å²) < 4.78 is 37.7. The number of benzene rings is 3. The molecule has 0 unspecified atom stereocenters. The third kappa shape index (κ3) is 14.0. The highest BCUT2D eigenvalue weighted by Crippen LogP contribution is 2.28. The Bertz CT molecular complexity index is 1510. The van der Waals surface area contributed by atoms with Crippen molar-refractivity contribution < 1.29 is 52.3 Å². The molecule has 0 atom stereocenters. The molecule has 3 aromatic rings. The third-order valence-electron chi connectivity index (χ3n) is 7.11. The first-order chi connectivity index (χ1) is 24.3. The average Bonchev–Trinajstić information content (AvgIpc) is 3.13. The SMILES string of the molecule is C=CCOC(=O)OCCCCCCOC(=O)c1cc(OC(=O)c2ccc(OCCCC)cc2)ccc1OC(=O)c1ccc(OCCCC)cc1. The maximum Gasteiger partial charge on any atom is 0.508 e. The summed E-state index contributed by atoms with van der Waals surface area (Å²) in [5.74, 6) is -0.825. The second-order valence-corrected chi connectivity index (χ2v) is 11.1. The smallest absolute Gasteiger partial charge is 0.494 e. The van der Waals surface area contributed by atoms with E-state index in [1.165, 1.54) is 24.3 Å². The zero-order chi connectivity index (χ0) is 36.0. The molecule has 0 aromatic heterocycles. The van der Waals surface area contributed by atoms with Gasteiger partial charge in [0.25, 0.3) is 0 Å². The van der Waals surface area contributed by atoms with Crippen LogP contribution in [0.15, 0.2) is 79.4 Å². The standard InChI is InChI=1S/C39H46O11/c1-4-7-24-44-31-17-13-29(14-18-31)36(40)49-33-21-22-35(50-37(41)30-15-19-32(20-16-30)45-25-8-5-2)34(28-33)38(42)46-26-11-9-10-12-27-48-39(43)47-23-6-3/h6,13-22,28H,3-5,7-12,23-27H2,1-2H3. The minimum Gasteiger partial charge on any atom is -0.494 e. The van der Waals surface area contributed by atoms with E-state index < -0.39 is 24.1 Å². The molecule has 0 bridgehead atoms. The Morgan fingerprint density at radius 3 is 1.62 bits per heavy atom. The van der Waals surface area contributed by atoms with Gasteiger partial charge in [-0.25, -0.2) is 19.2 Å². The van der Waals surface area contributed by atoms with E-state index in [-0.39, 0.29) is 48.0 Å². The van der Waals surface area contributed by atoms with Crippen molar-refractivity contribution >= 4 is 24.1 Å². The van der Waals surface area contributed by atoms with E-state index in [9.17, 15) is 19.2 Å². The third-order valence-corrected chi connectivity index (χ3v) is 7.11. The fourth-order valence-electron chi connectivity index (χ4n) is 4.31. The lowest BCUT2D eigenvalue weighted by atomic mass is 10.1. The van der Waals surface area contributed by atoms with Gasteiger partial charge in [-0.15, -0.1) is 0 Å². The van der Waals surface area contributed by atoms with Crippen molar-refractivity contribution in [3.8, 4) is 23.0 Å².